The highest BCUT2D eigenvalue weighted by Gasteiger charge is 2.43. The Hall–Kier alpha value is 0.140. The van der Waals surface area contributed by atoms with Crippen molar-refractivity contribution >= 4 is 15.2 Å². The third kappa shape index (κ3) is 8.00. The monoisotopic (exact) mass is 271 g/mol. The van der Waals surface area contributed by atoms with E-state index >= 15 is 0 Å². The van der Waals surface area contributed by atoms with Crippen LogP contribution in [0.5, 0.6) is 0 Å². The Morgan fingerprint density at radius 3 is 1.67 bits per heavy atom. The van der Waals surface area contributed by atoms with Crippen molar-refractivity contribution in [3.63, 3.8) is 0 Å². The van der Waals surface area contributed by atoms with Gasteiger partial charge in [0.2, 0.25) is 0 Å². The fourth-order valence-electron chi connectivity index (χ4n) is 0.442. The van der Waals surface area contributed by atoms with Crippen LogP contribution in [-0.2, 0) is 13.7 Å². The Bertz CT molecular complexity index is 242. The summed E-state index contributed by atoms with van der Waals surface area (Å²) in [5.41, 5.74) is -2.66. The highest BCUT2D eigenvalue weighted by atomic mass is 31.2. The topological polar surface area (TPSA) is 229 Å². The minimum absolute atomic E-state index is 0. The molecule has 2 unspecified atom stereocenters. The van der Waals surface area contributed by atoms with Crippen LogP contribution in [0.25, 0.3) is 0 Å². The Morgan fingerprint density at radius 2 is 1.47 bits per heavy atom. The van der Waals surface area contributed by atoms with E-state index in [1.807, 2.05) is 0 Å². The van der Waals surface area contributed by atoms with Gasteiger partial charge in [-0.1, -0.05) is 0 Å². The van der Waals surface area contributed by atoms with Crippen LogP contribution in [-0.4, -0.2) is 32.0 Å². The molecule has 0 aromatic carbocycles. The number of aliphatic hydroxyl groups is 1. The van der Waals surface area contributed by atoms with E-state index in [1.54, 1.807) is 0 Å². The van der Waals surface area contributed by atoms with E-state index in [4.69, 9.17) is 19.8 Å². The lowest BCUT2D eigenvalue weighted by atomic mass is 10.9. The van der Waals surface area contributed by atoms with Crippen LogP contribution < -0.4 is 18.5 Å². The quantitative estimate of drug-likeness (QED) is 0.342. The number of rotatable bonds is 4. The second kappa shape index (κ2) is 8.31. The highest BCUT2D eigenvalue weighted by molar-refractivity contribution is 7.70. The summed E-state index contributed by atoms with van der Waals surface area (Å²) in [5, 5.41) is 8.64. The first-order chi connectivity index (χ1) is 5.22. The van der Waals surface area contributed by atoms with Crippen LogP contribution in [0.1, 0.15) is 6.92 Å². The summed E-state index contributed by atoms with van der Waals surface area (Å²) >= 11 is 0. The van der Waals surface area contributed by atoms with Crippen molar-refractivity contribution in [3.8, 4) is 0 Å². The molecule has 2 atom stereocenters. The molecule has 0 aliphatic rings. The van der Waals surface area contributed by atoms with Crippen molar-refractivity contribution in [3.05, 3.63) is 0 Å². The molecule has 0 bridgehead atoms. The van der Waals surface area contributed by atoms with Crippen LogP contribution in [0.15, 0.2) is 0 Å². The molecule has 15 heavy (non-hydrogen) atoms. The molecule has 0 radical (unpaired) electrons. The van der Waals surface area contributed by atoms with Gasteiger partial charge in [0.05, 0.1) is 6.61 Å². The molecule has 0 fully saturated rings. The van der Waals surface area contributed by atoms with Gasteiger partial charge >= 0.3 is 15.2 Å². The van der Waals surface area contributed by atoms with Crippen LogP contribution >= 0.6 is 15.2 Å². The molecule has 0 saturated heterocycles. The van der Waals surface area contributed by atoms with Gasteiger partial charge in [-0.2, -0.15) is 0 Å². The van der Waals surface area contributed by atoms with Gasteiger partial charge in [-0.05, 0) is 6.92 Å². The van der Waals surface area contributed by atoms with Gasteiger partial charge in [-0.3, -0.25) is 9.13 Å². The van der Waals surface area contributed by atoms with Gasteiger partial charge < -0.3 is 42.8 Å². The maximum absolute atomic E-state index is 10.8. The second-order valence-electron chi connectivity index (χ2n) is 1.92. The first kappa shape index (κ1) is 24.4. The fourth-order valence-corrected chi connectivity index (χ4v) is 2.67. The van der Waals surface area contributed by atoms with Crippen molar-refractivity contribution in [2.45, 2.75) is 12.5 Å². The summed E-state index contributed by atoms with van der Waals surface area (Å²) in [6.07, 6.45) is 0. The van der Waals surface area contributed by atoms with E-state index in [0.29, 0.717) is 0 Å². The zero-order valence-electron chi connectivity index (χ0n) is 8.31. The van der Waals surface area contributed by atoms with Crippen LogP contribution in [0, 0.1) is 0 Å². The third-order valence-electron chi connectivity index (χ3n) is 0.907. The second-order valence-corrected chi connectivity index (χ2v) is 5.87. The molecule has 0 saturated carbocycles. The lowest BCUT2D eigenvalue weighted by Gasteiger charge is -2.17. The standard InChI is InChI=1S/C3H10O7P2.3H3N/c1-2-10-12(8,9)3(4)11(5,6)7;;;/h3-4H,2H2,1H3,(H,8,9)(H2,5,6,7);3*1H3. The summed E-state index contributed by atoms with van der Waals surface area (Å²) in [6, 6.07) is 0. The molecule has 0 aromatic rings. The molecule has 98 valence electrons. The van der Waals surface area contributed by atoms with Crippen molar-refractivity contribution in [2.24, 2.45) is 0 Å². The lowest BCUT2D eigenvalue weighted by molar-refractivity contribution is 0.193. The highest BCUT2D eigenvalue weighted by Crippen LogP contribution is 2.61. The van der Waals surface area contributed by atoms with Gasteiger partial charge in [0.15, 0.2) is 0 Å². The van der Waals surface area contributed by atoms with E-state index in [1.165, 1.54) is 6.92 Å². The fraction of sp³-hybridized carbons (Fsp3) is 1.00. The van der Waals surface area contributed by atoms with Crippen LogP contribution in [0.4, 0.5) is 0 Å². The zero-order chi connectivity index (χ0) is 9.99. The van der Waals surface area contributed by atoms with Gasteiger partial charge in [0, 0.05) is 0 Å². The average Bonchev–Trinajstić information content (AvgIpc) is 1.84. The maximum Gasteiger partial charge on any atom is 0.368 e. The summed E-state index contributed by atoms with van der Waals surface area (Å²) < 4.78 is 25.1. The Morgan fingerprint density at radius 1 is 1.13 bits per heavy atom. The maximum atomic E-state index is 10.8. The molecule has 0 amide bonds. The molecular formula is C3H19N3O7P2. The molecule has 13 N–H and O–H groups in total. The lowest BCUT2D eigenvalue weighted by Crippen LogP contribution is -2.09. The normalized spacial score (nSPS) is 16.1. The average molecular weight is 271 g/mol. The SMILES string of the molecule is CCOP(=O)(O)C(O)P(=O)(O)O.N.N.N. The minimum atomic E-state index is -4.99. The van der Waals surface area contributed by atoms with Gasteiger partial charge in [-0.15, -0.1) is 0 Å². The number of aliphatic hydroxyl groups excluding tert-OH is 1. The summed E-state index contributed by atoms with van der Waals surface area (Å²) in [6.45, 7) is 1.14. The Balaban J connectivity index is -0.000000202. The molecule has 0 aromatic heterocycles. The molecule has 0 aliphatic carbocycles. The number of hydrogen-bond donors (Lipinski definition) is 7. The summed E-state index contributed by atoms with van der Waals surface area (Å²) in [5.74, 6) is 0. The Labute approximate surface area is 87.1 Å². The predicted octanol–water partition coefficient (Wildman–Crippen LogP) is 0.148. The molecule has 10 nitrogen and oxygen atoms in total. The van der Waals surface area contributed by atoms with Crippen molar-refractivity contribution < 1.29 is 33.4 Å². The Kier molecular flexibility index (Phi) is 13.5. The smallest absolute Gasteiger partial charge is 0.368 e. The molecule has 12 heteroatoms. The van der Waals surface area contributed by atoms with E-state index in [0.717, 1.165) is 0 Å². The summed E-state index contributed by atoms with van der Waals surface area (Å²) in [4.78, 5) is 25.3. The van der Waals surface area contributed by atoms with E-state index < -0.39 is 20.8 Å². The van der Waals surface area contributed by atoms with Crippen molar-refractivity contribution in [1.82, 2.24) is 18.5 Å². The minimum Gasteiger partial charge on any atom is -0.370 e. The largest absolute Gasteiger partial charge is 0.370 e. The van der Waals surface area contributed by atoms with Gasteiger partial charge in [0.25, 0.3) is 5.59 Å². The van der Waals surface area contributed by atoms with Crippen LogP contribution in [0.2, 0.25) is 0 Å². The molecule has 0 rings (SSSR count). The number of hydrogen-bond acceptors (Lipinski definition) is 7. The van der Waals surface area contributed by atoms with E-state index in [9.17, 15) is 9.13 Å². The van der Waals surface area contributed by atoms with Gasteiger partial charge in [0.1, 0.15) is 0 Å². The van der Waals surface area contributed by atoms with Crippen molar-refractivity contribution in [2.75, 3.05) is 6.61 Å². The molecule has 0 spiro atoms. The summed E-state index contributed by atoms with van der Waals surface area (Å²) in [7, 11) is -9.60. The van der Waals surface area contributed by atoms with Crippen LogP contribution in [0.3, 0.4) is 0 Å². The first-order valence-corrected chi connectivity index (χ1v) is 6.25. The predicted molar refractivity (Wildman–Crippen MR) is 54.6 cm³/mol. The zero-order valence-corrected chi connectivity index (χ0v) is 10.1. The molecule has 0 heterocycles. The van der Waals surface area contributed by atoms with E-state index in [-0.39, 0.29) is 25.1 Å². The molecule has 0 aliphatic heterocycles. The molecular weight excluding hydrogens is 252 g/mol. The van der Waals surface area contributed by atoms with E-state index in [2.05, 4.69) is 4.52 Å². The third-order valence-corrected chi connectivity index (χ3v) is 4.50. The van der Waals surface area contributed by atoms with Crippen molar-refractivity contribution in [1.29, 1.82) is 0 Å². The first-order valence-electron chi connectivity index (χ1n) is 2.92. The van der Waals surface area contributed by atoms with Gasteiger partial charge in [-0.25, -0.2) is 0 Å².